The summed E-state index contributed by atoms with van der Waals surface area (Å²) in [5.74, 6) is -0.184. The Morgan fingerprint density at radius 2 is 1.89 bits per heavy atom. The molecule has 0 saturated carbocycles. The van der Waals surface area contributed by atoms with Gasteiger partial charge in [0.05, 0.1) is 6.61 Å². The van der Waals surface area contributed by atoms with Gasteiger partial charge in [0, 0.05) is 5.56 Å². The Kier molecular flexibility index (Phi) is 8.78. The molecule has 0 saturated heterocycles. The first-order valence-corrected chi connectivity index (χ1v) is 9.09. The fraction of sp³-hybridized carbons (Fsp3) is 0.550. The third-order valence-corrected chi connectivity index (χ3v) is 3.41. The van der Waals surface area contributed by atoms with Gasteiger partial charge in [0.15, 0.2) is 11.5 Å². The van der Waals surface area contributed by atoms with Crippen LogP contribution in [0.25, 0.3) is 0 Å². The van der Waals surface area contributed by atoms with E-state index in [4.69, 9.17) is 14.2 Å². The van der Waals surface area contributed by atoms with E-state index in [1.807, 2.05) is 0 Å². The van der Waals surface area contributed by atoms with Crippen LogP contribution in [0.1, 0.15) is 64.2 Å². The summed E-state index contributed by atoms with van der Waals surface area (Å²) in [6, 6.07) is 3.67. The summed E-state index contributed by atoms with van der Waals surface area (Å²) < 4.78 is 16.1. The number of esters is 1. The van der Waals surface area contributed by atoms with Gasteiger partial charge in [-0.1, -0.05) is 19.8 Å². The number of amides is 1. The second kappa shape index (κ2) is 10.5. The third-order valence-electron chi connectivity index (χ3n) is 3.41. The van der Waals surface area contributed by atoms with Crippen molar-refractivity contribution in [1.29, 1.82) is 0 Å². The molecule has 0 fully saturated rings. The quantitative estimate of drug-likeness (QED) is 0.303. The largest absolute Gasteiger partial charge is 0.490 e. The Balaban J connectivity index is 2.77. The summed E-state index contributed by atoms with van der Waals surface area (Å²) in [6.07, 6.45) is 2.89. The minimum Gasteiger partial charge on any atom is -0.490 e. The molecule has 0 aliphatic carbocycles. The topological polar surface area (TPSA) is 90.9 Å². The van der Waals surface area contributed by atoms with Gasteiger partial charge >= 0.3 is 12.1 Å². The second-order valence-corrected chi connectivity index (χ2v) is 7.17. The molecule has 1 rings (SSSR count). The summed E-state index contributed by atoms with van der Waals surface area (Å²) in [5.41, 5.74) is -0.322. The molecule has 0 aromatic heterocycles. The number of alkyl carbamates (subject to hydrolysis) is 1. The van der Waals surface area contributed by atoms with Crippen LogP contribution < -0.4 is 14.8 Å². The van der Waals surface area contributed by atoms with E-state index in [1.165, 1.54) is 13.0 Å². The first-order chi connectivity index (χ1) is 12.7. The first kappa shape index (κ1) is 22.5. The van der Waals surface area contributed by atoms with Crippen molar-refractivity contribution >= 4 is 18.3 Å². The highest BCUT2D eigenvalue weighted by atomic mass is 16.6. The molecule has 1 aromatic carbocycles. The monoisotopic (exact) mass is 379 g/mol. The molecule has 7 nitrogen and oxygen atoms in total. The Bertz CT molecular complexity index is 650. The van der Waals surface area contributed by atoms with Gasteiger partial charge in [0.25, 0.3) is 0 Å². The number of carbonyl (C=O) groups excluding carboxylic acids is 3. The summed E-state index contributed by atoms with van der Waals surface area (Å²) in [7, 11) is 0. The van der Waals surface area contributed by atoms with Crippen LogP contribution in [0.4, 0.5) is 4.79 Å². The van der Waals surface area contributed by atoms with Crippen LogP contribution in [-0.4, -0.2) is 36.6 Å². The molecule has 1 atom stereocenters. The van der Waals surface area contributed by atoms with Gasteiger partial charge < -0.3 is 19.5 Å². The van der Waals surface area contributed by atoms with Crippen molar-refractivity contribution in [3.05, 3.63) is 23.8 Å². The Hall–Kier alpha value is -2.57. The minimum atomic E-state index is -0.937. The van der Waals surface area contributed by atoms with Crippen LogP contribution in [0, 0.1) is 0 Å². The van der Waals surface area contributed by atoms with Crippen molar-refractivity contribution in [2.24, 2.45) is 0 Å². The number of unbranched alkanes of at least 4 members (excludes halogenated alkanes) is 2. The van der Waals surface area contributed by atoms with Crippen molar-refractivity contribution < 1.29 is 28.6 Å². The standard InChI is InChI=1S/C20H29NO6/c1-6-7-8-11-25-16-10-9-15(13-22)12-17(16)26-18(23)14(2)21-19(24)27-20(3,4)5/h9-10,12-14H,6-8,11H2,1-5H3,(H,21,24). The van der Waals surface area contributed by atoms with Crippen molar-refractivity contribution in [2.75, 3.05) is 6.61 Å². The number of benzene rings is 1. The molecular formula is C20H29NO6. The van der Waals surface area contributed by atoms with Gasteiger partial charge in [-0.3, -0.25) is 4.79 Å². The van der Waals surface area contributed by atoms with E-state index >= 15 is 0 Å². The van der Waals surface area contributed by atoms with Crippen LogP contribution in [0.3, 0.4) is 0 Å². The number of aldehydes is 1. The number of carbonyl (C=O) groups is 3. The lowest BCUT2D eigenvalue weighted by Crippen LogP contribution is -2.43. The lowest BCUT2D eigenvalue weighted by Gasteiger charge is -2.21. The van der Waals surface area contributed by atoms with Crippen molar-refractivity contribution in [2.45, 2.75) is 65.5 Å². The predicted octanol–water partition coefficient (Wildman–Crippen LogP) is 3.89. The average molecular weight is 379 g/mol. The normalized spacial score (nSPS) is 12.0. The number of hydrogen-bond acceptors (Lipinski definition) is 6. The minimum absolute atomic E-state index is 0.138. The molecule has 0 heterocycles. The van der Waals surface area contributed by atoms with Crippen LogP contribution >= 0.6 is 0 Å². The molecule has 0 bridgehead atoms. The van der Waals surface area contributed by atoms with E-state index < -0.39 is 23.7 Å². The molecule has 1 unspecified atom stereocenters. The van der Waals surface area contributed by atoms with Crippen LogP contribution in [-0.2, 0) is 9.53 Å². The predicted molar refractivity (Wildman–Crippen MR) is 101 cm³/mol. The molecule has 1 aromatic rings. The van der Waals surface area contributed by atoms with Gasteiger partial charge in [-0.05, 0) is 52.3 Å². The lowest BCUT2D eigenvalue weighted by atomic mass is 10.2. The molecule has 1 N–H and O–H groups in total. The lowest BCUT2D eigenvalue weighted by molar-refractivity contribution is -0.136. The third kappa shape index (κ3) is 8.57. The Morgan fingerprint density at radius 1 is 1.19 bits per heavy atom. The number of rotatable bonds is 9. The van der Waals surface area contributed by atoms with Crippen molar-refractivity contribution in [1.82, 2.24) is 5.32 Å². The zero-order valence-corrected chi connectivity index (χ0v) is 16.7. The zero-order valence-electron chi connectivity index (χ0n) is 16.7. The molecule has 0 spiro atoms. The van der Waals surface area contributed by atoms with Crippen molar-refractivity contribution in [3.63, 3.8) is 0 Å². The van der Waals surface area contributed by atoms with E-state index in [0.717, 1.165) is 19.3 Å². The molecule has 0 aliphatic heterocycles. The molecule has 7 heteroatoms. The average Bonchev–Trinajstić information content (AvgIpc) is 2.57. The smallest absolute Gasteiger partial charge is 0.408 e. The van der Waals surface area contributed by atoms with Gasteiger partial charge in [-0.25, -0.2) is 9.59 Å². The maximum Gasteiger partial charge on any atom is 0.408 e. The summed E-state index contributed by atoms with van der Waals surface area (Å²) >= 11 is 0. The van der Waals surface area contributed by atoms with Crippen LogP contribution in [0.5, 0.6) is 11.5 Å². The summed E-state index contributed by atoms with van der Waals surface area (Å²) in [6.45, 7) is 9.22. The van der Waals surface area contributed by atoms with Gasteiger partial charge in [0.1, 0.15) is 17.9 Å². The second-order valence-electron chi connectivity index (χ2n) is 7.17. The van der Waals surface area contributed by atoms with Gasteiger partial charge in [-0.2, -0.15) is 0 Å². The molecule has 150 valence electrons. The van der Waals surface area contributed by atoms with E-state index in [-0.39, 0.29) is 5.75 Å². The SMILES string of the molecule is CCCCCOc1ccc(C=O)cc1OC(=O)C(C)NC(=O)OC(C)(C)C. The number of hydrogen-bond donors (Lipinski definition) is 1. The maximum atomic E-state index is 12.3. The van der Waals surface area contributed by atoms with E-state index in [9.17, 15) is 14.4 Å². The van der Waals surface area contributed by atoms with E-state index in [2.05, 4.69) is 12.2 Å². The maximum absolute atomic E-state index is 12.3. The number of nitrogens with one attached hydrogen (secondary N) is 1. The molecule has 27 heavy (non-hydrogen) atoms. The number of ether oxygens (including phenoxy) is 3. The van der Waals surface area contributed by atoms with Crippen LogP contribution in [0.2, 0.25) is 0 Å². The first-order valence-electron chi connectivity index (χ1n) is 9.09. The molecule has 0 radical (unpaired) electrons. The molecular weight excluding hydrogens is 350 g/mol. The fourth-order valence-corrected chi connectivity index (χ4v) is 2.07. The highest BCUT2D eigenvalue weighted by Gasteiger charge is 2.23. The molecule has 1 amide bonds. The van der Waals surface area contributed by atoms with Gasteiger partial charge in [-0.15, -0.1) is 0 Å². The Labute approximate surface area is 160 Å². The van der Waals surface area contributed by atoms with Crippen molar-refractivity contribution in [3.8, 4) is 11.5 Å². The summed E-state index contributed by atoms with van der Waals surface area (Å²) in [5, 5.41) is 2.42. The fourth-order valence-electron chi connectivity index (χ4n) is 2.07. The van der Waals surface area contributed by atoms with Crippen LogP contribution in [0.15, 0.2) is 18.2 Å². The highest BCUT2D eigenvalue weighted by molar-refractivity contribution is 5.84. The molecule has 0 aliphatic rings. The van der Waals surface area contributed by atoms with E-state index in [0.29, 0.717) is 24.2 Å². The highest BCUT2D eigenvalue weighted by Crippen LogP contribution is 2.28. The summed E-state index contributed by atoms with van der Waals surface area (Å²) in [4.78, 5) is 35.1. The zero-order chi connectivity index (χ0) is 20.4. The van der Waals surface area contributed by atoms with E-state index in [1.54, 1.807) is 32.9 Å². The Morgan fingerprint density at radius 3 is 2.48 bits per heavy atom. The van der Waals surface area contributed by atoms with Gasteiger partial charge in [0.2, 0.25) is 0 Å².